The highest BCUT2D eigenvalue weighted by molar-refractivity contribution is 5.35. The number of benzene rings is 1. The van der Waals surface area contributed by atoms with Crippen molar-refractivity contribution in [3.05, 3.63) is 34.9 Å². The number of fused-ring (bicyclic) bond motifs is 1. The molecule has 0 saturated heterocycles. The van der Waals surface area contributed by atoms with E-state index in [1.54, 1.807) is 0 Å². The van der Waals surface area contributed by atoms with Crippen molar-refractivity contribution in [2.45, 2.75) is 34.0 Å². The molecule has 0 spiro atoms. The van der Waals surface area contributed by atoms with Crippen molar-refractivity contribution in [1.29, 1.82) is 0 Å². The Bertz CT molecular complexity index is 253. The Labute approximate surface area is 74.4 Å². The van der Waals surface area contributed by atoms with Crippen molar-refractivity contribution < 1.29 is 4.74 Å². The van der Waals surface area contributed by atoms with Gasteiger partial charge in [-0.05, 0) is 23.6 Å². The summed E-state index contributed by atoms with van der Waals surface area (Å²) in [6.07, 6.45) is 0. The Morgan fingerprint density at radius 2 is 1.92 bits per heavy atom. The second-order valence-electron chi connectivity index (χ2n) is 2.71. The summed E-state index contributed by atoms with van der Waals surface area (Å²) in [7, 11) is 0. The van der Waals surface area contributed by atoms with E-state index in [0.29, 0.717) is 0 Å². The molecule has 1 aliphatic heterocycles. The molecule has 12 heavy (non-hydrogen) atoms. The molecule has 0 radical (unpaired) electrons. The summed E-state index contributed by atoms with van der Waals surface area (Å²) in [5.41, 5.74) is 4.11. The predicted molar refractivity (Wildman–Crippen MR) is 51.0 cm³/mol. The summed E-state index contributed by atoms with van der Waals surface area (Å²) in [5.74, 6) is 0. The molecule has 0 fully saturated rings. The van der Waals surface area contributed by atoms with Gasteiger partial charge in [0, 0.05) is 0 Å². The lowest BCUT2D eigenvalue weighted by Crippen LogP contribution is -1.84. The van der Waals surface area contributed by atoms with Gasteiger partial charge in [-0.1, -0.05) is 32.0 Å². The minimum atomic E-state index is 0.803. The number of hydrogen-bond donors (Lipinski definition) is 0. The van der Waals surface area contributed by atoms with Crippen molar-refractivity contribution >= 4 is 0 Å². The van der Waals surface area contributed by atoms with Crippen LogP contribution >= 0.6 is 0 Å². The topological polar surface area (TPSA) is 9.23 Å². The molecule has 0 atom stereocenters. The summed E-state index contributed by atoms with van der Waals surface area (Å²) >= 11 is 0. The lowest BCUT2D eigenvalue weighted by Gasteiger charge is -1.98. The largest absolute Gasteiger partial charge is 0.372 e. The third-order valence-corrected chi connectivity index (χ3v) is 2.01. The van der Waals surface area contributed by atoms with E-state index < -0.39 is 0 Å². The van der Waals surface area contributed by atoms with Crippen molar-refractivity contribution in [3.63, 3.8) is 0 Å². The van der Waals surface area contributed by atoms with Crippen LogP contribution in [0.3, 0.4) is 0 Å². The summed E-state index contributed by atoms with van der Waals surface area (Å²) in [6, 6.07) is 6.35. The molecule has 0 bridgehead atoms. The fraction of sp³-hybridized carbons (Fsp3) is 0.455. The van der Waals surface area contributed by atoms with Crippen LogP contribution in [-0.2, 0) is 18.0 Å². The van der Waals surface area contributed by atoms with E-state index in [-0.39, 0.29) is 0 Å². The number of ether oxygens (including phenoxy) is 1. The number of hydrogen-bond acceptors (Lipinski definition) is 1. The van der Waals surface area contributed by atoms with E-state index in [1.807, 2.05) is 13.8 Å². The van der Waals surface area contributed by atoms with Crippen molar-refractivity contribution in [1.82, 2.24) is 0 Å². The van der Waals surface area contributed by atoms with Crippen LogP contribution in [0.4, 0.5) is 0 Å². The van der Waals surface area contributed by atoms with E-state index in [1.165, 1.54) is 16.7 Å². The maximum Gasteiger partial charge on any atom is 0.0727 e. The SMILES string of the molecule is CC.Cc1cccc2c1COC2. The third-order valence-electron chi connectivity index (χ3n) is 2.01. The zero-order valence-electron chi connectivity index (χ0n) is 8.05. The molecule has 1 heteroatoms. The second kappa shape index (κ2) is 4.27. The van der Waals surface area contributed by atoms with Gasteiger partial charge in [0.05, 0.1) is 13.2 Å². The molecule has 0 aromatic heterocycles. The van der Waals surface area contributed by atoms with Gasteiger partial charge in [0.15, 0.2) is 0 Å². The highest BCUT2D eigenvalue weighted by Gasteiger charge is 2.11. The van der Waals surface area contributed by atoms with Crippen molar-refractivity contribution in [2.24, 2.45) is 0 Å². The van der Waals surface area contributed by atoms with Gasteiger partial charge in [-0.25, -0.2) is 0 Å². The molecule has 1 aliphatic rings. The molecule has 1 nitrogen and oxygen atoms in total. The molecule has 0 amide bonds. The monoisotopic (exact) mass is 164 g/mol. The van der Waals surface area contributed by atoms with Gasteiger partial charge in [0.2, 0.25) is 0 Å². The summed E-state index contributed by atoms with van der Waals surface area (Å²) < 4.78 is 5.30. The molecule has 1 aromatic carbocycles. The first kappa shape index (κ1) is 9.27. The molecule has 0 N–H and O–H groups in total. The van der Waals surface area contributed by atoms with E-state index in [4.69, 9.17) is 4.74 Å². The fourth-order valence-corrected chi connectivity index (χ4v) is 1.37. The average molecular weight is 164 g/mol. The van der Waals surface area contributed by atoms with E-state index in [9.17, 15) is 0 Å². The van der Waals surface area contributed by atoms with Crippen molar-refractivity contribution in [3.8, 4) is 0 Å². The van der Waals surface area contributed by atoms with Crippen LogP contribution in [0.25, 0.3) is 0 Å². The Morgan fingerprint density at radius 3 is 2.58 bits per heavy atom. The zero-order chi connectivity index (χ0) is 8.97. The average Bonchev–Trinajstić information content (AvgIpc) is 2.57. The summed E-state index contributed by atoms with van der Waals surface area (Å²) in [5, 5.41) is 0. The van der Waals surface area contributed by atoms with Crippen LogP contribution in [0.1, 0.15) is 30.5 Å². The second-order valence-corrected chi connectivity index (χ2v) is 2.71. The van der Waals surface area contributed by atoms with Crippen LogP contribution in [-0.4, -0.2) is 0 Å². The maximum absolute atomic E-state index is 5.30. The number of aryl methyl sites for hydroxylation is 1. The van der Waals surface area contributed by atoms with Gasteiger partial charge in [0.1, 0.15) is 0 Å². The molecule has 0 unspecified atom stereocenters. The lowest BCUT2D eigenvalue weighted by atomic mass is 10.1. The lowest BCUT2D eigenvalue weighted by molar-refractivity contribution is 0.134. The molecule has 0 saturated carbocycles. The minimum absolute atomic E-state index is 0.803. The fourth-order valence-electron chi connectivity index (χ4n) is 1.37. The molecule has 1 heterocycles. The van der Waals surface area contributed by atoms with Gasteiger partial charge in [0.25, 0.3) is 0 Å². The van der Waals surface area contributed by atoms with Gasteiger partial charge < -0.3 is 4.74 Å². The predicted octanol–water partition coefficient (Wildman–Crippen LogP) is 3.05. The minimum Gasteiger partial charge on any atom is -0.372 e. The maximum atomic E-state index is 5.30. The molecule has 2 rings (SSSR count). The Morgan fingerprint density at radius 1 is 1.17 bits per heavy atom. The van der Waals surface area contributed by atoms with Crippen LogP contribution in [0.2, 0.25) is 0 Å². The van der Waals surface area contributed by atoms with Gasteiger partial charge >= 0.3 is 0 Å². The van der Waals surface area contributed by atoms with E-state index in [2.05, 4.69) is 25.1 Å². The van der Waals surface area contributed by atoms with Crippen LogP contribution in [0.5, 0.6) is 0 Å². The first-order chi connectivity index (χ1) is 5.88. The smallest absolute Gasteiger partial charge is 0.0727 e. The Kier molecular flexibility index (Phi) is 3.30. The van der Waals surface area contributed by atoms with Crippen LogP contribution in [0, 0.1) is 6.92 Å². The van der Waals surface area contributed by atoms with Gasteiger partial charge in [-0.15, -0.1) is 0 Å². The van der Waals surface area contributed by atoms with Crippen LogP contribution < -0.4 is 0 Å². The van der Waals surface area contributed by atoms with Gasteiger partial charge in [-0.2, -0.15) is 0 Å². The van der Waals surface area contributed by atoms with Crippen molar-refractivity contribution in [2.75, 3.05) is 0 Å². The Balaban J connectivity index is 0.000000336. The van der Waals surface area contributed by atoms with Crippen LogP contribution in [0.15, 0.2) is 18.2 Å². The first-order valence-electron chi connectivity index (χ1n) is 4.53. The molecule has 1 aromatic rings. The van der Waals surface area contributed by atoms with E-state index in [0.717, 1.165) is 13.2 Å². The third kappa shape index (κ3) is 1.67. The quantitative estimate of drug-likeness (QED) is 0.572. The molecular weight excluding hydrogens is 148 g/mol. The van der Waals surface area contributed by atoms with Gasteiger partial charge in [-0.3, -0.25) is 0 Å². The number of rotatable bonds is 0. The highest BCUT2D eigenvalue weighted by Crippen LogP contribution is 2.22. The summed E-state index contributed by atoms with van der Waals surface area (Å²) in [6.45, 7) is 7.74. The summed E-state index contributed by atoms with van der Waals surface area (Å²) in [4.78, 5) is 0. The first-order valence-corrected chi connectivity index (χ1v) is 4.53. The van der Waals surface area contributed by atoms with E-state index >= 15 is 0 Å². The molecule has 0 aliphatic carbocycles. The highest BCUT2D eigenvalue weighted by atomic mass is 16.5. The Hall–Kier alpha value is -0.820. The molecule has 66 valence electrons. The standard InChI is InChI=1S/C9H10O.C2H6/c1-7-3-2-4-8-5-10-6-9(7)8;1-2/h2-4H,5-6H2,1H3;1-2H3. The zero-order valence-corrected chi connectivity index (χ0v) is 8.05. The normalized spacial score (nSPS) is 13.2. The molecular formula is C11H16O.